The largest absolute Gasteiger partial charge is 0.340 e. The number of hydrogen-bond acceptors (Lipinski definition) is 6. The van der Waals surface area contributed by atoms with Crippen molar-refractivity contribution in [3.05, 3.63) is 96.8 Å². The van der Waals surface area contributed by atoms with E-state index in [1.54, 1.807) is 12.4 Å². The van der Waals surface area contributed by atoms with E-state index in [1.807, 2.05) is 66.9 Å². The Bertz CT molecular complexity index is 1130. The number of pyridine rings is 2. The Morgan fingerprint density at radius 2 is 1.75 bits per heavy atom. The Kier molecular flexibility index (Phi) is 6.12. The highest BCUT2D eigenvalue weighted by Gasteiger charge is 2.25. The SMILES string of the molecule is c1ccc(Nc2cc(-c3ccncc3)nc(C3CCCN(Cc4ccccn4)C3)n2)cc1. The van der Waals surface area contributed by atoms with Gasteiger partial charge in [-0.3, -0.25) is 14.9 Å². The molecular formula is C26H26N6. The number of para-hydroxylation sites is 1. The average Bonchev–Trinajstić information content (AvgIpc) is 2.86. The Morgan fingerprint density at radius 1 is 0.906 bits per heavy atom. The third-order valence-electron chi connectivity index (χ3n) is 5.75. The zero-order valence-electron chi connectivity index (χ0n) is 17.9. The van der Waals surface area contributed by atoms with E-state index in [2.05, 4.69) is 26.3 Å². The summed E-state index contributed by atoms with van der Waals surface area (Å²) in [4.78, 5) is 21.0. The zero-order chi connectivity index (χ0) is 21.6. The number of likely N-dealkylation sites (tertiary alicyclic amines) is 1. The molecule has 1 fully saturated rings. The molecular weight excluding hydrogens is 396 g/mol. The van der Waals surface area contributed by atoms with Crippen LogP contribution in [0.25, 0.3) is 11.3 Å². The van der Waals surface area contributed by atoms with Crippen molar-refractivity contribution in [2.45, 2.75) is 25.3 Å². The molecule has 1 N–H and O–H groups in total. The highest BCUT2D eigenvalue weighted by atomic mass is 15.1. The number of hydrogen-bond donors (Lipinski definition) is 1. The number of piperidine rings is 1. The molecule has 160 valence electrons. The van der Waals surface area contributed by atoms with E-state index in [4.69, 9.17) is 9.97 Å². The number of anilines is 2. The quantitative estimate of drug-likeness (QED) is 0.469. The van der Waals surface area contributed by atoms with Crippen LogP contribution in [-0.2, 0) is 6.54 Å². The second-order valence-corrected chi connectivity index (χ2v) is 8.12. The molecule has 1 aliphatic rings. The molecule has 0 saturated carbocycles. The molecule has 4 heterocycles. The van der Waals surface area contributed by atoms with Crippen LogP contribution in [0, 0.1) is 0 Å². The van der Waals surface area contributed by atoms with E-state index >= 15 is 0 Å². The predicted octanol–water partition coefficient (Wildman–Crippen LogP) is 5.06. The van der Waals surface area contributed by atoms with Gasteiger partial charge < -0.3 is 5.32 Å². The third-order valence-corrected chi connectivity index (χ3v) is 5.75. The first-order valence-corrected chi connectivity index (χ1v) is 11.1. The lowest BCUT2D eigenvalue weighted by molar-refractivity contribution is 0.194. The fraction of sp³-hybridized carbons (Fsp3) is 0.231. The van der Waals surface area contributed by atoms with Gasteiger partial charge in [-0.05, 0) is 55.8 Å². The van der Waals surface area contributed by atoms with Crippen LogP contribution in [-0.4, -0.2) is 37.9 Å². The van der Waals surface area contributed by atoms with Crippen molar-refractivity contribution >= 4 is 11.5 Å². The van der Waals surface area contributed by atoms with E-state index < -0.39 is 0 Å². The van der Waals surface area contributed by atoms with Crippen LogP contribution in [0.2, 0.25) is 0 Å². The monoisotopic (exact) mass is 422 g/mol. The van der Waals surface area contributed by atoms with Crippen molar-refractivity contribution in [2.75, 3.05) is 18.4 Å². The molecule has 4 aromatic rings. The first kappa shape index (κ1) is 20.3. The fourth-order valence-corrected chi connectivity index (χ4v) is 4.18. The average molecular weight is 423 g/mol. The minimum absolute atomic E-state index is 0.283. The number of aromatic nitrogens is 4. The molecule has 0 aliphatic carbocycles. The van der Waals surface area contributed by atoms with Gasteiger partial charge in [-0.25, -0.2) is 9.97 Å². The smallest absolute Gasteiger partial charge is 0.135 e. The summed E-state index contributed by atoms with van der Waals surface area (Å²) < 4.78 is 0. The maximum atomic E-state index is 4.99. The molecule has 6 nitrogen and oxygen atoms in total. The number of nitrogens with one attached hydrogen (secondary N) is 1. The standard InChI is InChI=1S/C26H26N6/c1-2-8-22(9-3-1)29-25-17-24(20-11-14-27-15-12-20)30-26(31-25)21-7-6-16-32(18-21)19-23-10-4-5-13-28-23/h1-5,8-15,17,21H,6-7,16,18-19H2,(H,29,30,31). The van der Waals surface area contributed by atoms with Crippen LogP contribution in [0.4, 0.5) is 11.5 Å². The van der Waals surface area contributed by atoms with Gasteiger partial charge in [-0.15, -0.1) is 0 Å². The van der Waals surface area contributed by atoms with E-state index in [0.29, 0.717) is 0 Å². The van der Waals surface area contributed by atoms with Crippen LogP contribution in [0.5, 0.6) is 0 Å². The van der Waals surface area contributed by atoms with Gasteiger partial charge in [0.25, 0.3) is 0 Å². The maximum absolute atomic E-state index is 4.99. The summed E-state index contributed by atoms with van der Waals surface area (Å²) in [5.74, 6) is 1.99. The van der Waals surface area contributed by atoms with E-state index in [-0.39, 0.29) is 5.92 Å². The highest BCUT2D eigenvalue weighted by Crippen LogP contribution is 2.29. The predicted molar refractivity (Wildman–Crippen MR) is 126 cm³/mol. The van der Waals surface area contributed by atoms with Crippen LogP contribution in [0.3, 0.4) is 0 Å². The van der Waals surface area contributed by atoms with E-state index in [1.165, 1.54) is 0 Å². The van der Waals surface area contributed by atoms with E-state index in [0.717, 1.165) is 66.8 Å². The first-order valence-electron chi connectivity index (χ1n) is 11.1. The maximum Gasteiger partial charge on any atom is 0.135 e. The molecule has 0 bridgehead atoms. The first-order chi connectivity index (χ1) is 15.8. The van der Waals surface area contributed by atoms with Gasteiger partial charge in [0.05, 0.1) is 11.4 Å². The molecule has 0 amide bonds. The van der Waals surface area contributed by atoms with Crippen molar-refractivity contribution in [2.24, 2.45) is 0 Å². The summed E-state index contributed by atoms with van der Waals surface area (Å²) in [7, 11) is 0. The topological polar surface area (TPSA) is 66.8 Å². The summed E-state index contributed by atoms with van der Waals surface area (Å²) in [6.45, 7) is 2.86. The lowest BCUT2D eigenvalue weighted by atomic mass is 9.96. The van der Waals surface area contributed by atoms with Gasteiger partial charge in [-0.2, -0.15) is 0 Å². The Hall–Kier alpha value is -3.64. The molecule has 5 rings (SSSR count). The highest BCUT2D eigenvalue weighted by molar-refractivity contribution is 5.65. The minimum atomic E-state index is 0.283. The van der Waals surface area contributed by atoms with Crippen LogP contribution in [0.1, 0.15) is 30.3 Å². The molecule has 1 atom stereocenters. The second kappa shape index (κ2) is 9.66. The second-order valence-electron chi connectivity index (χ2n) is 8.12. The molecule has 1 aromatic carbocycles. The van der Waals surface area contributed by atoms with Gasteiger partial charge in [-0.1, -0.05) is 24.3 Å². The van der Waals surface area contributed by atoms with Gasteiger partial charge in [0.2, 0.25) is 0 Å². The van der Waals surface area contributed by atoms with Gasteiger partial charge in [0.15, 0.2) is 0 Å². The van der Waals surface area contributed by atoms with Crippen molar-refractivity contribution in [1.29, 1.82) is 0 Å². The lowest BCUT2D eigenvalue weighted by Gasteiger charge is -2.32. The van der Waals surface area contributed by atoms with Crippen LogP contribution >= 0.6 is 0 Å². The summed E-state index contributed by atoms with van der Waals surface area (Å²) in [5.41, 5.74) is 4.07. The Labute approximate surface area is 188 Å². The van der Waals surface area contributed by atoms with Crippen LogP contribution < -0.4 is 5.32 Å². The Morgan fingerprint density at radius 3 is 2.56 bits per heavy atom. The number of nitrogens with zero attached hydrogens (tertiary/aromatic N) is 5. The zero-order valence-corrected chi connectivity index (χ0v) is 17.9. The van der Waals surface area contributed by atoms with Crippen molar-refractivity contribution in [1.82, 2.24) is 24.8 Å². The van der Waals surface area contributed by atoms with Gasteiger partial charge in [0, 0.05) is 54.9 Å². The van der Waals surface area contributed by atoms with Gasteiger partial charge in [0.1, 0.15) is 11.6 Å². The molecule has 3 aromatic heterocycles. The fourth-order valence-electron chi connectivity index (χ4n) is 4.18. The molecule has 32 heavy (non-hydrogen) atoms. The van der Waals surface area contributed by atoms with E-state index in [9.17, 15) is 0 Å². The van der Waals surface area contributed by atoms with Crippen molar-refractivity contribution < 1.29 is 0 Å². The summed E-state index contributed by atoms with van der Waals surface area (Å²) in [5, 5.41) is 3.45. The molecule has 0 radical (unpaired) electrons. The third kappa shape index (κ3) is 4.98. The van der Waals surface area contributed by atoms with Gasteiger partial charge >= 0.3 is 0 Å². The Balaban J connectivity index is 1.43. The van der Waals surface area contributed by atoms with Crippen molar-refractivity contribution in [3.8, 4) is 11.3 Å². The summed E-state index contributed by atoms with van der Waals surface area (Å²) in [6.07, 6.45) is 7.68. The van der Waals surface area contributed by atoms with Crippen LogP contribution in [0.15, 0.2) is 85.3 Å². The molecule has 1 aliphatic heterocycles. The summed E-state index contributed by atoms with van der Waals surface area (Å²) in [6, 6.07) is 22.2. The molecule has 6 heteroatoms. The minimum Gasteiger partial charge on any atom is -0.340 e. The molecule has 1 saturated heterocycles. The number of rotatable bonds is 6. The molecule has 1 unspecified atom stereocenters. The normalized spacial score (nSPS) is 16.6. The number of benzene rings is 1. The molecule has 0 spiro atoms. The summed E-state index contributed by atoms with van der Waals surface area (Å²) >= 11 is 0. The lowest BCUT2D eigenvalue weighted by Crippen LogP contribution is -2.34. The van der Waals surface area contributed by atoms with Crippen molar-refractivity contribution in [3.63, 3.8) is 0 Å².